The lowest BCUT2D eigenvalue weighted by Gasteiger charge is -2.27. The maximum absolute atomic E-state index is 14.6. The van der Waals surface area contributed by atoms with E-state index in [0.29, 0.717) is 5.92 Å². The summed E-state index contributed by atoms with van der Waals surface area (Å²) < 4.78 is 14.6. The molecule has 0 aromatic rings. The van der Waals surface area contributed by atoms with Crippen LogP contribution >= 0.6 is 12.6 Å². The van der Waals surface area contributed by atoms with Gasteiger partial charge in [-0.05, 0) is 62.9 Å². The summed E-state index contributed by atoms with van der Waals surface area (Å²) in [6, 6.07) is 0. The number of halogens is 1. The molecule has 0 aromatic carbocycles. The van der Waals surface area contributed by atoms with Crippen LogP contribution in [0.3, 0.4) is 0 Å². The molecule has 2 heteroatoms. The molecule has 1 saturated carbocycles. The first-order valence-electron chi connectivity index (χ1n) is 7.74. The number of rotatable bonds is 5. The third-order valence-electron chi connectivity index (χ3n) is 5.19. The van der Waals surface area contributed by atoms with Crippen LogP contribution in [0.15, 0.2) is 23.3 Å². The highest BCUT2D eigenvalue weighted by Crippen LogP contribution is 2.52. The van der Waals surface area contributed by atoms with Crippen molar-refractivity contribution in [3.63, 3.8) is 0 Å². The van der Waals surface area contributed by atoms with E-state index in [-0.39, 0.29) is 11.8 Å². The van der Waals surface area contributed by atoms with Gasteiger partial charge in [0, 0.05) is 5.92 Å². The molecule has 108 valence electrons. The van der Waals surface area contributed by atoms with Crippen molar-refractivity contribution in [3.05, 3.63) is 23.3 Å². The molecule has 0 bridgehead atoms. The van der Waals surface area contributed by atoms with E-state index in [1.165, 1.54) is 17.6 Å². The van der Waals surface area contributed by atoms with Crippen LogP contribution in [-0.4, -0.2) is 5.00 Å². The lowest BCUT2D eigenvalue weighted by atomic mass is 9.87. The second kappa shape index (κ2) is 6.03. The van der Waals surface area contributed by atoms with Crippen molar-refractivity contribution in [1.29, 1.82) is 0 Å². The van der Waals surface area contributed by atoms with Gasteiger partial charge in [-0.25, -0.2) is 4.39 Å². The van der Waals surface area contributed by atoms with E-state index in [4.69, 9.17) is 0 Å². The van der Waals surface area contributed by atoms with Gasteiger partial charge in [0.2, 0.25) is 0 Å². The summed E-state index contributed by atoms with van der Waals surface area (Å²) in [4.78, 5) is 0. The molecule has 19 heavy (non-hydrogen) atoms. The Labute approximate surface area is 123 Å². The van der Waals surface area contributed by atoms with E-state index >= 15 is 0 Å². The van der Waals surface area contributed by atoms with Crippen LogP contribution in [-0.2, 0) is 0 Å². The Morgan fingerprint density at radius 2 is 2.16 bits per heavy atom. The minimum absolute atomic E-state index is 0.0955. The highest BCUT2D eigenvalue weighted by molar-refractivity contribution is 7.81. The molecule has 2 aliphatic carbocycles. The van der Waals surface area contributed by atoms with Crippen LogP contribution in [0, 0.1) is 17.8 Å². The molecule has 0 aliphatic heterocycles. The van der Waals surface area contributed by atoms with Crippen LogP contribution in [0.2, 0.25) is 0 Å². The van der Waals surface area contributed by atoms with Gasteiger partial charge in [0.1, 0.15) is 0 Å². The predicted octanol–water partition coefficient (Wildman–Crippen LogP) is 5.71. The minimum Gasteiger partial charge on any atom is -0.232 e. The van der Waals surface area contributed by atoms with Crippen molar-refractivity contribution in [1.82, 2.24) is 0 Å². The SMILES string of the molecule is CCC1C(CCCC2=CCC=C2C)CC(C)C1(F)S. The Bertz CT molecular complexity index is 381. The third-order valence-corrected chi connectivity index (χ3v) is 5.96. The molecule has 0 nitrogen and oxygen atoms in total. The highest BCUT2D eigenvalue weighted by atomic mass is 32.1. The Morgan fingerprint density at radius 1 is 1.42 bits per heavy atom. The average molecular weight is 282 g/mol. The van der Waals surface area contributed by atoms with Gasteiger partial charge in [0.05, 0.1) is 0 Å². The molecule has 4 unspecified atom stereocenters. The Morgan fingerprint density at radius 3 is 2.74 bits per heavy atom. The maximum Gasteiger partial charge on any atom is 0.159 e. The summed E-state index contributed by atoms with van der Waals surface area (Å²) in [7, 11) is 0. The molecule has 0 spiro atoms. The molecule has 2 aliphatic rings. The number of thiol groups is 1. The molecule has 0 aromatic heterocycles. The van der Waals surface area contributed by atoms with E-state index < -0.39 is 5.00 Å². The van der Waals surface area contributed by atoms with Gasteiger partial charge in [0.15, 0.2) is 5.00 Å². The molecular weight excluding hydrogens is 255 g/mol. The molecule has 0 amide bonds. The lowest BCUT2D eigenvalue weighted by Crippen LogP contribution is -2.28. The van der Waals surface area contributed by atoms with Gasteiger partial charge in [-0.2, -0.15) is 0 Å². The molecule has 0 radical (unpaired) electrons. The number of allylic oxidation sites excluding steroid dienone is 4. The van der Waals surface area contributed by atoms with E-state index in [0.717, 1.165) is 32.1 Å². The fourth-order valence-electron chi connectivity index (χ4n) is 3.94. The molecule has 0 heterocycles. The van der Waals surface area contributed by atoms with Crippen molar-refractivity contribution in [3.8, 4) is 0 Å². The Kier molecular flexibility index (Phi) is 4.81. The van der Waals surface area contributed by atoms with Gasteiger partial charge in [-0.1, -0.05) is 31.6 Å². The van der Waals surface area contributed by atoms with Crippen molar-refractivity contribution < 1.29 is 4.39 Å². The second-order valence-corrected chi connectivity index (χ2v) is 7.07. The van der Waals surface area contributed by atoms with Crippen LogP contribution in [0.1, 0.15) is 59.3 Å². The summed E-state index contributed by atoms with van der Waals surface area (Å²) in [5.41, 5.74) is 2.96. The second-order valence-electron chi connectivity index (χ2n) is 6.38. The Hall–Kier alpha value is -0.240. The first-order valence-corrected chi connectivity index (χ1v) is 8.19. The van der Waals surface area contributed by atoms with Gasteiger partial charge in [0.25, 0.3) is 0 Å². The molecule has 0 N–H and O–H groups in total. The normalized spacial score (nSPS) is 38.5. The quantitative estimate of drug-likeness (QED) is 0.613. The van der Waals surface area contributed by atoms with Gasteiger partial charge in [-0.3, -0.25) is 0 Å². The topological polar surface area (TPSA) is 0 Å². The fraction of sp³-hybridized carbons (Fsp3) is 0.765. The number of hydrogen-bond acceptors (Lipinski definition) is 1. The summed E-state index contributed by atoms with van der Waals surface area (Å²) in [6.45, 7) is 6.32. The van der Waals surface area contributed by atoms with E-state index in [1.807, 2.05) is 6.92 Å². The molecular formula is C17H27FS. The van der Waals surface area contributed by atoms with Crippen LogP contribution in [0.4, 0.5) is 4.39 Å². The smallest absolute Gasteiger partial charge is 0.159 e. The minimum atomic E-state index is -1.25. The number of alkyl halides is 1. The van der Waals surface area contributed by atoms with Gasteiger partial charge in [-0.15, -0.1) is 12.6 Å². The largest absolute Gasteiger partial charge is 0.232 e. The standard InChI is InChI=1S/C17H27FS/c1-4-16-15(11-13(3)17(16,18)19)10-6-9-14-8-5-7-12(14)2/h7-8,13,15-16,19H,4-6,9-11H2,1-3H3. The first-order chi connectivity index (χ1) is 8.96. The predicted molar refractivity (Wildman–Crippen MR) is 84.2 cm³/mol. The maximum atomic E-state index is 14.6. The monoisotopic (exact) mass is 282 g/mol. The van der Waals surface area contributed by atoms with Gasteiger partial charge < -0.3 is 0 Å². The zero-order valence-corrected chi connectivity index (χ0v) is 13.3. The first kappa shape index (κ1) is 15.2. The Balaban J connectivity index is 1.85. The summed E-state index contributed by atoms with van der Waals surface area (Å²) in [5.74, 6) is 0.756. The summed E-state index contributed by atoms with van der Waals surface area (Å²) >= 11 is 4.31. The fourth-order valence-corrected chi connectivity index (χ4v) is 4.44. The molecule has 2 rings (SSSR count). The van der Waals surface area contributed by atoms with E-state index in [9.17, 15) is 4.39 Å². The van der Waals surface area contributed by atoms with Crippen molar-refractivity contribution >= 4 is 12.6 Å². The van der Waals surface area contributed by atoms with Gasteiger partial charge >= 0.3 is 0 Å². The zero-order chi connectivity index (χ0) is 14.0. The molecule has 0 saturated heterocycles. The van der Waals surface area contributed by atoms with Crippen molar-refractivity contribution in [2.45, 2.75) is 64.3 Å². The van der Waals surface area contributed by atoms with Crippen molar-refractivity contribution in [2.75, 3.05) is 0 Å². The van der Waals surface area contributed by atoms with E-state index in [1.54, 1.807) is 0 Å². The van der Waals surface area contributed by atoms with Crippen LogP contribution in [0.5, 0.6) is 0 Å². The van der Waals surface area contributed by atoms with Crippen LogP contribution in [0.25, 0.3) is 0 Å². The zero-order valence-electron chi connectivity index (χ0n) is 12.5. The number of hydrogen-bond donors (Lipinski definition) is 1. The van der Waals surface area contributed by atoms with E-state index in [2.05, 4.69) is 38.6 Å². The lowest BCUT2D eigenvalue weighted by molar-refractivity contribution is 0.156. The average Bonchev–Trinajstić information content (AvgIpc) is 2.83. The highest BCUT2D eigenvalue weighted by Gasteiger charge is 2.50. The van der Waals surface area contributed by atoms with Crippen LogP contribution < -0.4 is 0 Å². The molecule has 1 fully saturated rings. The summed E-state index contributed by atoms with van der Waals surface area (Å²) in [5, 5.41) is -1.25. The molecule has 4 atom stereocenters. The third kappa shape index (κ3) is 3.09. The van der Waals surface area contributed by atoms with Crippen molar-refractivity contribution in [2.24, 2.45) is 17.8 Å². The summed E-state index contributed by atoms with van der Waals surface area (Å²) in [6.07, 6.45) is 11.2.